The van der Waals surface area contributed by atoms with E-state index in [-0.39, 0.29) is 18.5 Å². The van der Waals surface area contributed by atoms with Gasteiger partial charge in [-0.1, -0.05) is 6.07 Å². The van der Waals surface area contributed by atoms with Crippen LogP contribution in [0.4, 0.5) is 13.2 Å². The summed E-state index contributed by atoms with van der Waals surface area (Å²) in [5.41, 5.74) is -1.70. The Hall–Kier alpha value is -1.59. The molecule has 1 aliphatic carbocycles. The average Bonchev–Trinajstić information content (AvgIpc) is 3.07. The van der Waals surface area contributed by atoms with E-state index in [1.54, 1.807) is 12.1 Å². The van der Waals surface area contributed by atoms with Crippen LogP contribution in [0.1, 0.15) is 30.9 Å². The average molecular weight is 259 g/mol. The molecule has 6 heteroatoms. The molecule has 1 aromatic rings. The summed E-state index contributed by atoms with van der Waals surface area (Å²) in [4.78, 5) is 14.7. The van der Waals surface area contributed by atoms with Crippen LogP contribution < -0.4 is 0 Å². The third-order valence-electron chi connectivity index (χ3n) is 3.44. The van der Waals surface area contributed by atoms with Crippen molar-refractivity contribution in [1.82, 2.24) is 4.98 Å². The van der Waals surface area contributed by atoms with Gasteiger partial charge in [-0.3, -0.25) is 9.78 Å². The smallest absolute Gasteiger partial charge is 0.395 e. The van der Waals surface area contributed by atoms with Gasteiger partial charge >= 0.3 is 12.1 Å². The van der Waals surface area contributed by atoms with Crippen molar-refractivity contribution >= 4 is 5.97 Å². The molecule has 0 amide bonds. The zero-order valence-corrected chi connectivity index (χ0v) is 9.44. The molecule has 0 bridgehead atoms. The molecule has 1 N–H and O–H groups in total. The molecule has 2 rings (SSSR count). The molecular weight excluding hydrogens is 247 g/mol. The molecule has 0 saturated heterocycles. The second-order valence-electron chi connectivity index (χ2n) is 4.56. The zero-order chi connectivity index (χ0) is 13.4. The highest BCUT2D eigenvalue weighted by Gasteiger charge is 2.67. The highest BCUT2D eigenvalue weighted by molar-refractivity contribution is 5.68. The Morgan fingerprint density at radius 1 is 1.44 bits per heavy atom. The molecule has 3 nitrogen and oxygen atoms in total. The van der Waals surface area contributed by atoms with Crippen LogP contribution in [-0.4, -0.2) is 22.2 Å². The van der Waals surface area contributed by atoms with E-state index in [0.717, 1.165) is 0 Å². The summed E-state index contributed by atoms with van der Waals surface area (Å²) >= 11 is 0. The van der Waals surface area contributed by atoms with Crippen LogP contribution in [0.25, 0.3) is 0 Å². The molecule has 18 heavy (non-hydrogen) atoms. The largest absolute Gasteiger partial charge is 0.481 e. The molecule has 1 unspecified atom stereocenters. The molecule has 1 aromatic heterocycles. The number of rotatable bonds is 4. The van der Waals surface area contributed by atoms with Gasteiger partial charge in [0.2, 0.25) is 0 Å². The van der Waals surface area contributed by atoms with E-state index in [2.05, 4.69) is 4.98 Å². The number of aromatic nitrogens is 1. The maximum Gasteiger partial charge on any atom is 0.395 e. The third kappa shape index (κ3) is 2.19. The van der Waals surface area contributed by atoms with Gasteiger partial charge in [-0.05, 0) is 25.0 Å². The van der Waals surface area contributed by atoms with Gasteiger partial charge in [-0.15, -0.1) is 0 Å². The molecule has 98 valence electrons. The Morgan fingerprint density at radius 2 is 2.11 bits per heavy atom. The van der Waals surface area contributed by atoms with Crippen LogP contribution in [0.15, 0.2) is 24.4 Å². The van der Waals surface area contributed by atoms with E-state index < -0.39 is 29.9 Å². The Morgan fingerprint density at radius 3 is 2.50 bits per heavy atom. The molecule has 0 spiro atoms. The minimum Gasteiger partial charge on any atom is -0.481 e. The number of halogens is 3. The fourth-order valence-corrected chi connectivity index (χ4v) is 2.30. The van der Waals surface area contributed by atoms with Gasteiger partial charge in [0, 0.05) is 17.8 Å². The number of carboxylic acids is 1. The number of alkyl halides is 3. The van der Waals surface area contributed by atoms with Gasteiger partial charge in [0.1, 0.15) is 0 Å². The van der Waals surface area contributed by atoms with E-state index in [9.17, 15) is 18.0 Å². The molecule has 1 aliphatic rings. The fraction of sp³-hybridized carbons (Fsp3) is 0.500. The van der Waals surface area contributed by atoms with Gasteiger partial charge < -0.3 is 5.11 Å². The molecule has 1 saturated carbocycles. The summed E-state index contributed by atoms with van der Waals surface area (Å²) in [7, 11) is 0. The van der Waals surface area contributed by atoms with Crippen molar-refractivity contribution in [3.05, 3.63) is 30.1 Å². The number of aliphatic carboxylic acids is 1. The Bertz CT molecular complexity index is 440. The van der Waals surface area contributed by atoms with E-state index in [1.165, 1.54) is 12.3 Å². The van der Waals surface area contributed by atoms with Crippen LogP contribution in [0.5, 0.6) is 0 Å². The van der Waals surface area contributed by atoms with Crippen molar-refractivity contribution in [2.45, 2.75) is 31.4 Å². The molecular formula is C12H12F3NO2. The van der Waals surface area contributed by atoms with Gasteiger partial charge in [0.05, 0.1) is 11.8 Å². The first-order chi connectivity index (χ1) is 8.37. The number of hydrogen-bond donors (Lipinski definition) is 1. The van der Waals surface area contributed by atoms with Gasteiger partial charge in [0.15, 0.2) is 0 Å². The van der Waals surface area contributed by atoms with Gasteiger partial charge in [-0.25, -0.2) is 0 Å². The van der Waals surface area contributed by atoms with E-state index >= 15 is 0 Å². The number of pyridine rings is 1. The predicted octanol–water partition coefficient (Wildman–Crippen LogP) is 2.98. The predicted molar refractivity (Wildman–Crippen MR) is 57.0 cm³/mol. The molecule has 1 fully saturated rings. The van der Waals surface area contributed by atoms with Crippen molar-refractivity contribution in [1.29, 1.82) is 0 Å². The maximum atomic E-state index is 13.1. The van der Waals surface area contributed by atoms with E-state index in [1.807, 2.05) is 0 Å². The first-order valence-electron chi connectivity index (χ1n) is 5.56. The number of carboxylic acid groups (broad SMARTS) is 1. The highest BCUT2D eigenvalue weighted by atomic mass is 19.4. The Labute approximate surface area is 102 Å². The fourth-order valence-electron chi connectivity index (χ4n) is 2.30. The topological polar surface area (TPSA) is 50.2 Å². The zero-order valence-electron chi connectivity index (χ0n) is 9.44. The number of nitrogens with zero attached hydrogens (tertiary/aromatic N) is 1. The number of carbonyl (C=O) groups is 1. The molecule has 1 heterocycles. The number of hydrogen-bond acceptors (Lipinski definition) is 2. The second-order valence-corrected chi connectivity index (χ2v) is 4.56. The van der Waals surface area contributed by atoms with Gasteiger partial charge in [0.25, 0.3) is 0 Å². The van der Waals surface area contributed by atoms with Crippen LogP contribution in [0.2, 0.25) is 0 Å². The third-order valence-corrected chi connectivity index (χ3v) is 3.44. The van der Waals surface area contributed by atoms with Crippen LogP contribution in [0.3, 0.4) is 0 Å². The summed E-state index contributed by atoms with van der Waals surface area (Å²) in [6.07, 6.45) is -3.59. The van der Waals surface area contributed by atoms with Crippen molar-refractivity contribution in [3.63, 3.8) is 0 Å². The quantitative estimate of drug-likeness (QED) is 0.904. The normalized spacial score (nSPS) is 19.3. The lowest BCUT2D eigenvalue weighted by atomic mass is 9.82. The van der Waals surface area contributed by atoms with Crippen molar-refractivity contribution in [2.24, 2.45) is 5.41 Å². The van der Waals surface area contributed by atoms with E-state index in [0.29, 0.717) is 0 Å². The summed E-state index contributed by atoms with van der Waals surface area (Å²) in [6, 6.07) is 4.62. The molecule has 0 radical (unpaired) electrons. The maximum absolute atomic E-state index is 13.1. The monoisotopic (exact) mass is 259 g/mol. The SMILES string of the molecule is O=C(O)CC(c1ccccn1)C1(C(F)(F)F)CC1. The van der Waals surface area contributed by atoms with Crippen LogP contribution >= 0.6 is 0 Å². The molecule has 0 aromatic carbocycles. The lowest BCUT2D eigenvalue weighted by Gasteiger charge is -2.27. The highest BCUT2D eigenvalue weighted by Crippen LogP contribution is 2.65. The van der Waals surface area contributed by atoms with Crippen LogP contribution in [-0.2, 0) is 4.79 Å². The van der Waals surface area contributed by atoms with Crippen molar-refractivity contribution < 1.29 is 23.1 Å². The summed E-state index contributed by atoms with van der Waals surface area (Å²) in [6.45, 7) is 0. The molecule has 1 atom stereocenters. The lowest BCUT2D eigenvalue weighted by Crippen LogP contribution is -2.32. The first kappa shape index (κ1) is 12.9. The summed E-state index contributed by atoms with van der Waals surface area (Å²) in [5.74, 6) is -2.34. The molecule has 0 aliphatic heterocycles. The summed E-state index contributed by atoms with van der Waals surface area (Å²) < 4.78 is 39.2. The Kier molecular flexibility index (Phi) is 3.04. The Balaban J connectivity index is 2.36. The van der Waals surface area contributed by atoms with Crippen LogP contribution in [0, 0.1) is 5.41 Å². The summed E-state index contributed by atoms with van der Waals surface area (Å²) in [5, 5.41) is 8.81. The minimum absolute atomic E-state index is 0.0228. The lowest BCUT2D eigenvalue weighted by molar-refractivity contribution is -0.195. The minimum atomic E-state index is -4.38. The van der Waals surface area contributed by atoms with Gasteiger partial charge in [-0.2, -0.15) is 13.2 Å². The van der Waals surface area contributed by atoms with Crippen molar-refractivity contribution in [3.8, 4) is 0 Å². The second kappa shape index (κ2) is 4.26. The van der Waals surface area contributed by atoms with E-state index in [4.69, 9.17) is 5.11 Å². The standard InChI is InChI=1S/C12H12F3NO2/c13-12(14,15)11(4-5-11)8(7-10(17)18)9-3-1-2-6-16-9/h1-3,6,8H,4-5,7H2,(H,17,18). The first-order valence-corrected chi connectivity index (χ1v) is 5.56. The van der Waals surface area contributed by atoms with Crippen molar-refractivity contribution in [2.75, 3.05) is 0 Å².